The zero-order valence-corrected chi connectivity index (χ0v) is 14.5. The van der Waals surface area contributed by atoms with Crippen LogP contribution in [-0.2, 0) is 11.2 Å². The fraction of sp³-hybridized carbons (Fsp3) is 0.389. The molecule has 2 rings (SSSR count). The van der Waals surface area contributed by atoms with Gasteiger partial charge in [-0.3, -0.25) is 10.1 Å². The van der Waals surface area contributed by atoms with Crippen LogP contribution in [0, 0.1) is 5.92 Å². The van der Waals surface area contributed by atoms with E-state index >= 15 is 0 Å². The van der Waals surface area contributed by atoms with Gasteiger partial charge in [-0.1, -0.05) is 37.3 Å². The van der Waals surface area contributed by atoms with Gasteiger partial charge in [-0.2, -0.15) is 0 Å². The van der Waals surface area contributed by atoms with Crippen LogP contribution in [0.15, 0.2) is 48.6 Å². The zero-order chi connectivity index (χ0) is 16.7. The molecule has 2 atom stereocenters. The molecule has 0 heterocycles. The number of aliphatic carboxylic acids is 1. The number of carboxylic acids is 1. The standard InChI is InChI=1S/C18H23NO4.ClH/c1-2-15-5-3-4-10-18(15,22)19-11-12-23-16-8-6-14(7-9-16)13-17(20)21;/h3-10,15,19,22H,2,11-13H2,1H3,(H,20,21);1H/t15-,18?;/m1./s1. The monoisotopic (exact) mass is 353 g/mol. The first-order valence-corrected chi connectivity index (χ1v) is 7.80. The molecule has 132 valence electrons. The Balaban J connectivity index is 0.00000288. The van der Waals surface area contributed by atoms with Crippen LogP contribution in [0.1, 0.15) is 18.9 Å². The highest BCUT2D eigenvalue weighted by Crippen LogP contribution is 2.24. The van der Waals surface area contributed by atoms with Gasteiger partial charge in [0.25, 0.3) is 0 Å². The summed E-state index contributed by atoms with van der Waals surface area (Å²) in [6.07, 6.45) is 8.39. The van der Waals surface area contributed by atoms with E-state index in [0.29, 0.717) is 18.9 Å². The molecule has 0 saturated heterocycles. The lowest BCUT2D eigenvalue weighted by molar-refractivity contribution is -0.136. The summed E-state index contributed by atoms with van der Waals surface area (Å²) < 4.78 is 5.61. The Labute approximate surface area is 148 Å². The normalized spacial score (nSPS) is 22.0. The maximum absolute atomic E-state index is 10.6. The number of ether oxygens (including phenoxy) is 1. The van der Waals surface area contributed by atoms with Gasteiger partial charge in [-0.25, -0.2) is 0 Å². The van der Waals surface area contributed by atoms with E-state index in [4.69, 9.17) is 9.84 Å². The lowest BCUT2D eigenvalue weighted by Crippen LogP contribution is -2.51. The number of hydrogen-bond acceptors (Lipinski definition) is 4. The first-order chi connectivity index (χ1) is 11.0. The van der Waals surface area contributed by atoms with Crippen LogP contribution in [0.4, 0.5) is 0 Å². The lowest BCUT2D eigenvalue weighted by Gasteiger charge is -2.34. The molecule has 1 aromatic carbocycles. The molecule has 0 aliphatic heterocycles. The van der Waals surface area contributed by atoms with E-state index in [0.717, 1.165) is 12.0 Å². The Morgan fingerprint density at radius 1 is 1.29 bits per heavy atom. The number of nitrogens with one attached hydrogen (secondary N) is 1. The highest BCUT2D eigenvalue weighted by Gasteiger charge is 2.31. The van der Waals surface area contributed by atoms with Gasteiger partial charge >= 0.3 is 5.97 Å². The minimum Gasteiger partial charge on any atom is -0.492 e. The predicted molar refractivity (Wildman–Crippen MR) is 95.5 cm³/mol. The summed E-state index contributed by atoms with van der Waals surface area (Å²) in [5.41, 5.74) is -0.291. The minimum atomic E-state index is -1.03. The van der Waals surface area contributed by atoms with Crippen LogP contribution >= 0.6 is 12.4 Å². The molecule has 0 saturated carbocycles. The highest BCUT2D eigenvalue weighted by atomic mass is 35.5. The maximum atomic E-state index is 10.6. The van der Waals surface area contributed by atoms with Crippen molar-refractivity contribution in [3.63, 3.8) is 0 Å². The van der Waals surface area contributed by atoms with Gasteiger partial charge in [-0.15, -0.1) is 12.4 Å². The molecule has 1 aliphatic rings. The van der Waals surface area contributed by atoms with Crippen LogP contribution in [0.3, 0.4) is 0 Å². The number of benzene rings is 1. The number of hydrogen-bond donors (Lipinski definition) is 3. The quantitative estimate of drug-likeness (QED) is 0.494. The average molecular weight is 354 g/mol. The van der Waals surface area contributed by atoms with Crippen LogP contribution in [0.5, 0.6) is 5.75 Å². The van der Waals surface area contributed by atoms with Gasteiger partial charge in [0.1, 0.15) is 18.1 Å². The van der Waals surface area contributed by atoms with Crippen molar-refractivity contribution in [3.05, 3.63) is 54.1 Å². The summed E-state index contributed by atoms with van der Waals surface area (Å²) >= 11 is 0. The lowest BCUT2D eigenvalue weighted by atomic mass is 9.89. The number of rotatable bonds is 8. The molecule has 0 spiro atoms. The number of carbonyl (C=O) groups is 1. The van der Waals surface area contributed by atoms with Gasteiger partial charge in [0.05, 0.1) is 6.42 Å². The zero-order valence-electron chi connectivity index (χ0n) is 13.6. The summed E-state index contributed by atoms with van der Waals surface area (Å²) in [5, 5.41) is 22.4. The Bertz CT molecular complexity index is 585. The van der Waals surface area contributed by atoms with Gasteiger partial charge in [0, 0.05) is 12.5 Å². The first-order valence-electron chi connectivity index (χ1n) is 7.80. The third-order valence-electron chi connectivity index (χ3n) is 3.87. The Morgan fingerprint density at radius 3 is 2.62 bits per heavy atom. The van der Waals surface area contributed by atoms with E-state index in [-0.39, 0.29) is 24.7 Å². The van der Waals surface area contributed by atoms with Crippen molar-refractivity contribution in [1.82, 2.24) is 5.32 Å². The Morgan fingerprint density at radius 2 is 2.00 bits per heavy atom. The molecule has 1 aliphatic carbocycles. The summed E-state index contributed by atoms with van der Waals surface area (Å²) in [6, 6.07) is 6.99. The molecule has 0 radical (unpaired) electrons. The summed E-state index contributed by atoms with van der Waals surface area (Å²) in [4.78, 5) is 10.6. The predicted octanol–water partition coefficient (Wildman–Crippen LogP) is 2.54. The molecule has 0 bridgehead atoms. The van der Waals surface area contributed by atoms with Crippen molar-refractivity contribution < 1.29 is 19.7 Å². The smallest absolute Gasteiger partial charge is 0.307 e. The van der Waals surface area contributed by atoms with E-state index < -0.39 is 11.7 Å². The topological polar surface area (TPSA) is 78.8 Å². The fourth-order valence-electron chi connectivity index (χ4n) is 2.61. The summed E-state index contributed by atoms with van der Waals surface area (Å²) in [7, 11) is 0. The van der Waals surface area contributed by atoms with Crippen LogP contribution in [0.2, 0.25) is 0 Å². The third-order valence-corrected chi connectivity index (χ3v) is 3.87. The van der Waals surface area contributed by atoms with Crippen LogP contribution in [0.25, 0.3) is 0 Å². The van der Waals surface area contributed by atoms with E-state index in [1.165, 1.54) is 0 Å². The molecule has 1 aromatic rings. The summed E-state index contributed by atoms with van der Waals surface area (Å²) in [5.74, 6) is -0.127. The van der Waals surface area contributed by atoms with Crippen molar-refractivity contribution in [3.8, 4) is 5.75 Å². The second-order valence-electron chi connectivity index (χ2n) is 5.57. The third kappa shape index (κ3) is 5.67. The van der Waals surface area contributed by atoms with Gasteiger partial charge in [0.15, 0.2) is 0 Å². The van der Waals surface area contributed by atoms with E-state index in [1.807, 2.05) is 25.2 Å². The van der Waals surface area contributed by atoms with Crippen molar-refractivity contribution in [2.45, 2.75) is 25.5 Å². The molecule has 0 amide bonds. The van der Waals surface area contributed by atoms with E-state index in [1.54, 1.807) is 30.3 Å². The number of halogens is 1. The highest BCUT2D eigenvalue weighted by molar-refractivity contribution is 5.85. The van der Waals surface area contributed by atoms with Crippen molar-refractivity contribution in [1.29, 1.82) is 0 Å². The molecule has 0 fully saturated rings. The molecule has 5 nitrogen and oxygen atoms in total. The number of allylic oxidation sites excluding steroid dienone is 2. The Hall–Kier alpha value is -1.82. The van der Waals surface area contributed by atoms with Crippen molar-refractivity contribution in [2.75, 3.05) is 13.2 Å². The van der Waals surface area contributed by atoms with Crippen molar-refractivity contribution >= 4 is 18.4 Å². The number of carboxylic acid groups (broad SMARTS) is 1. The molecule has 0 aromatic heterocycles. The molecule has 3 N–H and O–H groups in total. The molecular formula is C18H24ClNO4. The van der Waals surface area contributed by atoms with Crippen LogP contribution in [-0.4, -0.2) is 35.1 Å². The number of aliphatic hydroxyl groups is 1. The molecule has 24 heavy (non-hydrogen) atoms. The second-order valence-corrected chi connectivity index (χ2v) is 5.57. The van der Waals surface area contributed by atoms with E-state index in [9.17, 15) is 9.90 Å². The van der Waals surface area contributed by atoms with Gasteiger partial charge in [0.2, 0.25) is 0 Å². The van der Waals surface area contributed by atoms with Gasteiger partial charge < -0.3 is 14.9 Å². The van der Waals surface area contributed by atoms with E-state index in [2.05, 4.69) is 5.32 Å². The molecule has 6 heteroatoms. The average Bonchev–Trinajstić information content (AvgIpc) is 2.53. The largest absolute Gasteiger partial charge is 0.492 e. The second kappa shape index (κ2) is 9.47. The molecule has 1 unspecified atom stereocenters. The minimum absolute atomic E-state index is 0. The maximum Gasteiger partial charge on any atom is 0.307 e. The molecular weight excluding hydrogens is 330 g/mol. The van der Waals surface area contributed by atoms with Crippen LogP contribution < -0.4 is 10.1 Å². The van der Waals surface area contributed by atoms with Crippen molar-refractivity contribution in [2.24, 2.45) is 5.92 Å². The first kappa shape index (κ1) is 20.2. The fourth-order valence-corrected chi connectivity index (χ4v) is 2.61. The summed E-state index contributed by atoms with van der Waals surface area (Å²) in [6.45, 7) is 2.95. The van der Waals surface area contributed by atoms with Gasteiger partial charge in [-0.05, 0) is 30.2 Å². The Kier molecular flexibility index (Phi) is 7.98. The SMILES string of the molecule is CC[C@@H]1C=CC=CC1(O)NCCOc1ccc(CC(=O)O)cc1.Cl.